The quantitative estimate of drug-likeness (QED) is 0.864. The number of amides is 1. The molecule has 1 unspecified atom stereocenters. The first-order valence-electron chi connectivity index (χ1n) is 5.36. The van der Waals surface area contributed by atoms with Gasteiger partial charge in [-0.2, -0.15) is 5.10 Å². The van der Waals surface area contributed by atoms with Crippen LogP contribution in [0, 0.1) is 6.92 Å². The maximum absolute atomic E-state index is 11.7. The van der Waals surface area contributed by atoms with E-state index in [-0.39, 0.29) is 11.9 Å². The third-order valence-electron chi connectivity index (χ3n) is 2.35. The van der Waals surface area contributed by atoms with Gasteiger partial charge in [0.05, 0.1) is 17.5 Å². The van der Waals surface area contributed by atoms with E-state index in [1.54, 1.807) is 11.6 Å². The molecular formula is C11H14N4OS. The minimum absolute atomic E-state index is 0.0464. The minimum Gasteiger partial charge on any atom is -0.349 e. The van der Waals surface area contributed by atoms with Crippen LogP contribution in [-0.4, -0.2) is 26.5 Å². The standard InChI is InChI=1S/C11H14N4OS/c1-7(3-10-4-8(2)14-15-10)13-11(16)9-5-12-17-6-9/h4-7H,3H2,1-2H3,(H,13,16)(H,14,15). The summed E-state index contributed by atoms with van der Waals surface area (Å²) >= 11 is 1.27. The van der Waals surface area contributed by atoms with Gasteiger partial charge in [0.15, 0.2) is 0 Å². The Balaban J connectivity index is 1.89. The molecule has 2 aromatic rings. The summed E-state index contributed by atoms with van der Waals surface area (Å²) < 4.78 is 3.90. The van der Waals surface area contributed by atoms with Gasteiger partial charge in [-0.05, 0) is 31.4 Å². The highest BCUT2D eigenvalue weighted by molar-refractivity contribution is 7.03. The topological polar surface area (TPSA) is 70.7 Å². The molecule has 5 nitrogen and oxygen atoms in total. The summed E-state index contributed by atoms with van der Waals surface area (Å²) in [6.07, 6.45) is 2.29. The van der Waals surface area contributed by atoms with Gasteiger partial charge in [-0.15, -0.1) is 0 Å². The summed E-state index contributed by atoms with van der Waals surface area (Å²) in [7, 11) is 0. The van der Waals surface area contributed by atoms with Crippen molar-refractivity contribution in [3.05, 3.63) is 34.6 Å². The predicted molar refractivity (Wildman–Crippen MR) is 66.1 cm³/mol. The van der Waals surface area contributed by atoms with Gasteiger partial charge in [0.2, 0.25) is 0 Å². The summed E-state index contributed by atoms with van der Waals surface area (Å²) in [5.41, 5.74) is 2.60. The van der Waals surface area contributed by atoms with Crippen molar-refractivity contribution in [3.63, 3.8) is 0 Å². The molecule has 0 aliphatic rings. The van der Waals surface area contributed by atoms with Gasteiger partial charge >= 0.3 is 0 Å². The molecular weight excluding hydrogens is 236 g/mol. The van der Waals surface area contributed by atoms with Crippen molar-refractivity contribution in [2.75, 3.05) is 0 Å². The van der Waals surface area contributed by atoms with E-state index in [1.165, 1.54) is 11.5 Å². The Hall–Kier alpha value is -1.69. The molecule has 6 heteroatoms. The summed E-state index contributed by atoms with van der Waals surface area (Å²) in [4.78, 5) is 11.7. The van der Waals surface area contributed by atoms with Crippen LogP contribution in [0.15, 0.2) is 17.6 Å². The zero-order valence-corrected chi connectivity index (χ0v) is 10.5. The van der Waals surface area contributed by atoms with Gasteiger partial charge in [-0.25, -0.2) is 4.37 Å². The molecule has 0 bridgehead atoms. The first-order valence-corrected chi connectivity index (χ1v) is 6.20. The number of nitrogens with zero attached hydrogens (tertiary/aromatic N) is 2. The molecule has 2 heterocycles. The van der Waals surface area contributed by atoms with Gasteiger partial charge in [-0.1, -0.05) is 0 Å². The van der Waals surface area contributed by atoms with Crippen molar-refractivity contribution in [2.45, 2.75) is 26.3 Å². The minimum atomic E-state index is -0.0847. The van der Waals surface area contributed by atoms with E-state index in [2.05, 4.69) is 19.9 Å². The summed E-state index contributed by atoms with van der Waals surface area (Å²) in [6, 6.07) is 2.03. The number of aromatic amines is 1. The second kappa shape index (κ2) is 5.09. The SMILES string of the molecule is Cc1cc(CC(C)NC(=O)c2cnsc2)n[nH]1. The van der Waals surface area contributed by atoms with Crippen LogP contribution < -0.4 is 5.32 Å². The summed E-state index contributed by atoms with van der Waals surface area (Å²) in [5, 5.41) is 11.7. The Morgan fingerprint density at radius 3 is 3.06 bits per heavy atom. The Bertz CT molecular complexity index is 491. The summed E-state index contributed by atoms with van der Waals surface area (Å²) in [6.45, 7) is 3.92. The van der Waals surface area contributed by atoms with E-state index < -0.39 is 0 Å². The second-order valence-corrected chi connectivity index (χ2v) is 4.69. The zero-order valence-electron chi connectivity index (χ0n) is 9.73. The molecule has 2 aromatic heterocycles. The molecule has 90 valence electrons. The van der Waals surface area contributed by atoms with Gasteiger partial charge in [0.25, 0.3) is 5.91 Å². The number of rotatable bonds is 4. The number of hydrogen-bond acceptors (Lipinski definition) is 4. The van der Waals surface area contributed by atoms with Crippen LogP contribution in [-0.2, 0) is 6.42 Å². The molecule has 2 rings (SSSR count). The monoisotopic (exact) mass is 250 g/mol. The Morgan fingerprint density at radius 2 is 2.47 bits per heavy atom. The molecule has 0 saturated carbocycles. The lowest BCUT2D eigenvalue weighted by Gasteiger charge is -2.11. The Kier molecular flexibility index (Phi) is 3.53. The van der Waals surface area contributed by atoms with Crippen molar-refractivity contribution in [3.8, 4) is 0 Å². The van der Waals surface area contributed by atoms with Gasteiger partial charge in [0, 0.05) is 23.5 Å². The lowest BCUT2D eigenvalue weighted by Crippen LogP contribution is -2.33. The fraction of sp³-hybridized carbons (Fsp3) is 0.364. The van der Waals surface area contributed by atoms with Crippen LogP contribution in [0.4, 0.5) is 0 Å². The molecule has 1 atom stereocenters. The molecule has 0 radical (unpaired) electrons. The molecule has 0 fully saturated rings. The Morgan fingerprint density at radius 1 is 1.65 bits per heavy atom. The largest absolute Gasteiger partial charge is 0.349 e. The molecule has 0 saturated heterocycles. The lowest BCUT2D eigenvalue weighted by atomic mass is 10.1. The normalized spacial score (nSPS) is 12.4. The molecule has 1 amide bonds. The average Bonchev–Trinajstić information content (AvgIpc) is 2.89. The van der Waals surface area contributed by atoms with E-state index in [0.29, 0.717) is 12.0 Å². The molecule has 2 N–H and O–H groups in total. The second-order valence-electron chi connectivity index (χ2n) is 4.03. The first-order chi connectivity index (χ1) is 8.15. The highest BCUT2D eigenvalue weighted by Crippen LogP contribution is 2.05. The van der Waals surface area contributed by atoms with Crippen LogP contribution >= 0.6 is 11.5 Å². The fourth-order valence-electron chi connectivity index (χ4n) is 1.57. The fourth-order valence-corrected chi connectivity index (χ4v) is 2.08. The molecule has 17 heavy (non-hydrogen) atoms. The highest BCUT2D eigenvalue weighted by Gasteiger charge is 2.12. The van der Waals surface area contributed by atoms with Crippen LogP contribution in [0.2, 0.25) is 0 Å². The van der Waals surface area contributed by atoms with Gasteiger partial charge in [-0.3, -0.25) is 9.89 Å². The molecule has 0 aliphatic carbocycles. The summed E-state index contributed by atoms with van der Waals surface area (Å²) in [5.74, 6) is -0.0847. The number of carbonyl (C=O) groups excluding carboxylic acids is 1. The van der Waals surface area contributed by atoms with Crippen molar-refractivity contribution >= 4 is 17.4 Å². The molecule has 0 spiro atoms. The van der Waals surface area contributed by atoms with E-state index >= 15 is 0 Å². The lowest BCUT2D eigenvalue weighted by molar-refractivity contribution is 0.0940. The maximum atomic E-state index is 11.7. The van der Waals surface area contributed by atoms with Crippen molar-refractivity contribution in [1.82, 2.24) is 19.9 Å². The van der Waals surface area contributed by atoms with Crippen molar-refractivity contribution in [1.29, 1.82) is 0 Å². The number of nitrogens with one attached hydrogen (secondary N) is 2. The van der Waals surface area contributed by atoms with Gasteiger partial charge < -0.3 is 5.32 Å². The molecule has 0 aliphatic heterocycles. The van der Waals surface area contributed by atoms with Crippen molar-refractivity contribution < 1.29 is 4.79 Å². The Labute approximate surface area is 103 Å². The number of H-pyrrole nitrogens is 1. The molecule has 0 aromatic carbocycles. The smallest absolute Gasteiger partial charge is 0.253 e. The average molecular weight is 250 g/mol. The van der Waals surface area contributed by atoms with Crippen LogP contribution in [0.25, 0.3) is 0 Å². The number of hydrogen-bond donors (Lipinski definition) is 2. The van der Waals surface area contributed by atoms with E-state index in [9.17, 15) is 4.79 Å². The van der Waals surface area contributed by atoms with E-state index in [0.717, 1.165) is 11.4 Å². The third kappa shape index (κ3) is 3.13. The van der Waals surface area contributed by atoms with Crippen LogP contribution in [0.1, 0.15) is 28.7 Å². The van der Waals surface area contributed by atoms with E-state index in [1.807, 2.05) is 19.9 Å². The van der Waals surface area contributed by atoms with Crippen molar-refractivity contribution in [2.24, 2.45) is 0 Å². The maximum Gasteiger partial charge on any atom is 0.253 e. The predicted octanol–water partition coefficient (Wildman–Crippen LogP) is 1.54. The van der Waals surface area contributed by atoms with E-state index in [4.69, 9.17) is 0 Å². The number of aryl methyl sites for hydroxylation is 1. The first kappa shape index (κ1) is 11.8. The van der Waals surface area contributed by atoms with Crippen LogP contribution in [0.5, 0.6) is 0 Å². The highest BCUT2D eigenvalue weighted by atomic mass is 32.1. The zero-order chi connectivity index (χ0) is 12.3. The van der Waals surface area contributed by atoms with Crippen LogP contribution in [0.3, 0.4) is 0 Å². The number of aromatic nitrogens is 3. The number of carbonyl (C=O) groups is 1. The third-order valence-corrected chi connectivity index (χ3v) is 2.93. The van der Waals surface area contributed by atoms with Gasteiger partial charge in [0.1, 0.15) is 0 Å².